The highest BCUT2D eigenvalue weighted by Crippen LogP contribution is 2.65. The zero-order valence-corrected chi connectivity index (χ0v) is 14.3. The number of hydrogen-bond acceptors (Lipinski definition) is 3. The van der Waals surface area contributed by atoms with Crippen molar-refractivity contribution in [1.82, 2.24) is 15.3 Å². The molecule has 1 amide bonds. The number of para-hydroxylation sites is 1. The number of fused-ring (bicyclic) bond motifs is 3. The number of carbonyl (C=O) groups is 1. The van der Waals surface area contributed by atoms with Gasteiger partial charge in [-0.2, -0.15) is 0 Å². The number of nitrogens with one attached hydrogen (secondary N) is 2. The van der Waals surface area contributed by atoms with E-state index in [1.165, 1.54) is 6.42 Å². The van der Waals surface area contributed by atoms with Crippen LogP contribution in [0.25, 0.3) is 10.9 Å². The van der Waals surface area contributed by atoms with E-state index >= 15 is 0 Å². The minimum atomic E-state index is -0.285. The predicted octanol–water partition coefficient (Wildman–Crippen LogP) is 2.87. The molecule has 0 radical (unpaired) electrons. The number of aromatic nitrogens is 2. The Morgan fingerprint density at radius 3 is 2.71 bits per heavy atom. The summed E-state index contributed by atoms with van der Waals surface area (Å²) in [7, 11) is 0. The van der Waals surface area contributed by atoms with Crippen LogP contribution in [-0.2, 0) is 0 Å². The van der Waals surface area contributed by atoms with Gasteiger partial charge in [0.25, 0.3) is 11.5 Å². The molecule has 1 aromatic carbocycles. The molecular formula is C19H23N3O2. The van der Waals surface area contributed by atoms with Crippen LogP contribution in [0.2, 0.25) is 0 Å². The van der Waals surface area contributed by atoms with Crippen LogP contribution in [0.1, 0.15) is 50.7 Å². The molecule has 3 atom stereocenters. The zero-order valence-electron chi connectivity index (χ0n) is 14.3. The van der Waals surface area contributed by atoms with Crippen molar-refractivity contribution < 1.29 is 4.79 Å². The molecule has 2 aliphatic carbocycles. The molecule has 0 saturated heterocycles. The van der Waals surface area contributed by atoms with Crippen LogP contribution in [0.4, 0.5) is 0 Å². The maximum absolute atomic E-state index is 12.7. The number of carbonyl (C=O) groups excluding carboxylic acids is 1. The SMILES string of the molecule is CC1(C)[C@@H]2CC[C@@]1(C)[C@H](NC(=O)c1nc3ccccc3c(=O)[nH]1)C2. The summed E-state index contributed by atoms with van der Waals surface area (Å²) in [6, 6.07) is 7.20. The Balaban J connectivity index is 1.63. The lowest BCUT2D eigenvalue weighted by molar-refractivity contribution is 0.0816. The largest absolute Gasteiger partial charge is 0.346 e. The molecule has 24 heavy (non-hydrogen) atoms. The number of amides is 1. The van der Waals surface area contributed by atoms with E-state index in [-0.39, 0.29) is 34.2 Å². The standard InChI is InChI=1S/C19H23N3O2/c1-18(2)11-8-9-19(18,3)14(10-11)21-17(24)15-20-13-7-5-4-6-12(13)16(23)22-15/h4-7,11,14H,8-10H2,1-3H3,(H,21,24)(H,20,22,23)/t11-,14-,19+/m1/s1. The van der Waals surface area contributed by atoms with E-state index in [2.05, 4.69) is 36.1 Å². The monoisotopic (exact) mass is 325 g/mol. The Morgan fingerprint density at radius 1 is 1.29 bits per heavy atom. The summed E-state index contributed by atoms with van der Waals surface area (Å²) in [5, 5.41) is 3.64. The highest BCUT2D eigenvalue weighted by molar-refractivity contribution is 5.92. The maximum Gasteiger partial charge on any atom is 0.287 e. The fourth-order valence-electron chi connectivity index (χ4n) is 4.84. The molecule has 2 saturated carbocycles. The lowest BCUT2D eigenvalue weighted by Gasteiger charge is -2.39. The highest BCUT2D eigenvalue weighted by Gasteiger charge is 2.61. The summed E-state index contributed by atoms with van der Waals surface area (Å²) in [5.41, 5.74) is 0.607. The quantitative estimate of drug-likeness (QED) is 0.891. The average Bonchev–Trinajstić information content (AvgIpc) is 2.88. The number of rotatable bonds is 2. The maximum atomic E-state index is 12.7. The lowest BCUT2D eigenvalue weighted by Crippen LogP contribution is -2.47. The molecule has 1 heterocycles. The van der Waals surface area contributed by atoms with E-state index in [4.69, 9.17) is 0 Å². The summed E-state index contributed by atoms with van der Waals surface area (Å²) in [4.78, 5) is 31.8. The van der Waals surface area contributed by atoms with E-state index in [1.807, 2.05) is 6.07 Å². The summed E-state index contributed by atoms with van der Waals surface area (Å²) >= 11 is 0. The molecule has 2 fully saturated rings. The van der Waals surface area contributed by atoms with Gasteiger partial charge in [0.1, 0.15) is 0 Å². The Bertz CT molecular complexity index is 886. The van der Waals surface area contributed by atoms with E-state index in [0.29, 0.717) is 16.8 Å². The first-order valence-corrected chi connectivity index (χ1v) is 8.63. The minimum Gasteiger partial charge on any atom is -0.346 e. The van der Waals surface area contributed by atoms with Gasteiger partial charge < -0.3 is 10.3 Å². The first kappa shape index (κ1) is 15.4. The molecule has 2 N–H and O–H groups in total. The van der Waals surface area contributed by atoms with Gasteiger partial charge in [-0.15, -0.1) is 0 Å². The number of hydrogen-bond donors (Lipinski definition) is 2. The number of aromatic amines is 1. The van der Waals surface area contributed by atoms with Gasteiger partial charge in [0.05, 0.1) is 10.9 Å². The molecule has 2 aliphatic rings. The summed E-state index contributed by atoms with van der Waals surface area (Å²) in [6.07, 6.45) is 3.38. The van der Waals surface area contributed by atoms with E-state index in [9.17, 15) is 9.59 Å². The van der Waals surface area contributed by atoms with E-state index < -0.39 is 0 Å². The first-order chi connectivity index (χ1) is 11.3. The van der Waals surface area contributed by atoms with Gasteiger partial charge in [0.2, 0.25) is 0 Å². The molecule has 0 aliphatic heterocycles. The minimum absolute atomic E-state index is 0.0999. The van der Waals surface area contributed by atoms with Crippen LogP contribution < -0.4 is 10.9 Å². The van der Waals surface area contributed by atoms with Crippen LogP contribution in [0.15, 0.2) is 29.1 Å². The van der Waals surface area contributed by atoms with E-state index in [1.54, 1.807) is 18.2 Å². The molecule has 4 rings (SSSR count). The third kappa shape index (κ3) is 1.96. The van der Waals surface area contributed by atoms with Crippen LogP contribution in [-0.4, -0.2) is 21.9 Å². The Kier molecular flexibility index (Phi) is 3.15. The number of nitrogens with zero attached hydrogens (tertiary/aromatic N) is 1. The Hall–Kier alpha value is -2.17. The van der Waals surface area contributed by atoms with Crippen molar-refractivity contribution in [3.63, 3.8) is 0 Å². The zero-order chi connectivity index (χ0) is 17.1. The van der Waals surface area contributed by atoms with Crippen molar-refractivity contribution in [2.45, 2.75) is 46.1 Å². The van der Waals surface area contributed by atoms with Gasteiger partial charge in [-0.1, -0.05) is 32.9 Å². The average molecular weight is 325 g/mol. The van der Waals surface area contributed by atoms with Crippen molar-refractivity contribution >= 4 is 16.8 Å². The molecule has 0 spiro atoms. The topological polar surface area (TPSA) is 74.8 Å². The third-order valence-corrected chi connectivity index (χ3v) is 6.93. The van der Waals surface area contributed by atoms with Crippen LogP contribution in [0.3, 0.4) is 0 Å². The van der Waals surface area contributed by atoms with Crippen LogP contribution in [0.5, 0.6) is 0 Å². The fraction of sp³-hybridized carbons (Fsp3) is 0.526. The van der Waals surface area contributed by atoms with Gasteiger partial charge >= 0.3 is 0 Å². The molecule has 0 unspecified atom stereocenters. The number of H-pyrrole nitrogens is 1. The summed E-state index contributed by atoms with van der Waals surface area (Å²) < 4.78 is 0. The van der Waals surface area contributed by atoms with Gasteiger partial charge in [0.15, 0.2) is 5.82 Å². The second kappa shape index (κ2) is 4.91. The van der Waals surface area contributed by atoms with Crippen LogP contribution >= 0.6 is 0 Å². The van der Waals surface area contributed by atoms with Crippen molar-refractivity contribution in [3.05, 3.63) is 40.4 Å². The van der Waals surface area contributed by atoms with Crippen molar-refractivity contribution in [2.75, 3.05) is 0 Å². The number of benzene rings is 1. The Morgan fingerprint density at radius 2 is 2.04 bits per heavy atom. The fourth-order valence-corrected chi connectivity index (χ4v) is 4.84. The smallest absolute Gasteiger partial charge is 0.287 e. The molecule has 2 bridgehead atoms. The molecule has 1 aromatic heterocycles. The Labute approximate surface area is 140 Å². The van der Waals surface area contributed by atoms with Crippen molar-refractivity contribution in [3.8, 4) is 0 Å². The summed E-state index contributed by atoms with van der Waals surface area (Å²) in [5.74, 6) is 0.465. The highest BCUT2D eigenvalue weighted by atomic mass is 16.2. The molecule has 5 nitrogen and oxygen atoms in total. The van der Waals surface area contributed by atoms with Crippen molar-refractivity contribution in [1.29, 1.82) is 0 Å². The molecule has 2 aromatic rings. The predicted molar refractivity (Wildman–Crippen MR) is 92.8 cm³/mol. The first-order valence-electron chi connectivity index (χ1n) is 8.63. The van der Waals surface area contributed by atoms with Crippen LogP contribution in [0, 0.1) is 16.7 Å². The second-order valence-corrected chi connectivity index (χ2v) is 8.07. The van der Waals surface area contributed by atoms with Gasteiger partial charge in [-0.25, -0.2) is 4.98 Å². The normalized spacial score (nSPS) is 30.6. The van der Waals surface area contributed by atoms with Gasteiger partial charge in [0, 0.05) is 6.04 Å². The second-order valence-electron chi connectivity index (χ2n) is 8.07. The van der Waals surface area contributed by atoms with Crippen molar-refractivity contribution in [2.24, 2.45) is 16.7 Å². The molecular weight excluding hydrogens is 302 g/mol. The molecule has 126 valence electrons. The lowest BCUT2D eigenvalue weighted by atomic mass is 9.69. The summed E-state index contributed by atoms with van der Waals surface area (Å²) in [6.45, 7) is 6.90. The van der Waals surface area contributed by atoms with Gasteiger partial charge in [-0.05, 0) is 48.1 Å². The molecule has 5 heteroatoms. The van der Waals surface area contributed by atoms with Gasteiger partial charge in [-0.3, -0.25) is 9.59 Å². The third-order valence-electron chi connectivity index (χ3n) is 6.93. The van der Waals surface area contributed by atoms with E-state index in [0.717, 1.165) is 12.8 Å².